The molecule has 1 amide bonds. The molecule has 1 aromatic carbocycles. The maximum absolute atomic E-state index is 13.1. The Hall–Kier alpha value is -2.17. The zero-order valence-corrected chi connectivity index (χ0v) is 14.3. The van der Waals surface area contributed by atoms with Gasteiger partial charge in [-0.15, -0.1) is 0 Å². The van der Waals surface area contributed by atoms with Gasteiger partial charge in [0.15, 0.2) is 0 Å². The van der Waals surface area contributed by atoms with Gasteiger partial charge in [0.2, 0.25) is 0 Å². The zero-order valence-electron chi connectivity index (χ0n) is 14.3. The van der Waals surface area contributed by atoms with E-state index in [-0.39, 0.29) is 17.8 Å². The summed E-state index contributed by atoms with van der Waals surface area (Å²) in [5, 5.41) is 7.50. The van der Waals surface area contributed by atoms with Crippen LogP contribution in [-0.4, -0.2) is 21.7 Å². The normalized spacial score (nSPS) is 20.8. The highest BCUT2D eigenvalue weighted by molar-refractivity contribution is 5.95. The number of aromatic nitrogens is 2. The standard InChI is InChI=1S/C19H24FN3O/c1-3-18-17(19(24)22-15-8-4-13(2)5-9-15)12-21-23(18)16-10-6-14(20)7-11-16/h6-7,10-13,15H,3-5,8-9H2,1-2H3,(H,22,24). The first-order valence-corrected chi connectivity index (χ1v) is 8.72. The first-order valence-electron chi connectivity index (χ1n) is 8.72. The van der Waals surface area contributed by atoms with E-state index in [0.29, 0.717) is 12.0 Å². The summed E-state index contributed by atoms with van der Waals surface area (Å²) in [4.78, 5) is 12.6. The van der Waals surface area contributed by atoms with Crippen LogP contribution in [0.25, 0.3) is 5.69 Å². The Morgan fingerprint density at radius 1 is 1.25 bits per heavy atom. The van der Waals surface area contributed by atoms with Crippen LogP contribution in [0.3, 0.4) is 0 Å². The molecule has 3 rings (SSSR count). The van der Waals surface area contributed by atoms with E-state index in [1.165, 1.54) is 25.0 Å². The van der Waals surface area contributed by atoms with Crippen LogP contribution in [0.15, 0.2) is 30.5 Å². The smallest absolute Gasteiger partial charge is 0.254 e. The molecule has 2 aromatic rings. The number of hydrogen-bond donors (Lipinski definition) is 1. The Morgan fingerprint density at radius 2 is 1.92 bits per heavy atom. The fourth-order valence-electron chi connectivity index (χ4n) is 3.38. The third-order valence-corrected chi connectivity index (χ3v) is 4.87. The number of nitrogens with zero attached hydrogens (tertiary/aromatic N) is 2. The number of carbonyl (C=O) groups excluding carboxylic acids is 1. The maximum atomic E-state index is 13.1. The molecule has 5 heteroatoms. The molecule has 1 heterocycles. The number of carbonyl (C=O) groups is 1. The molecule has 1 N–H and O–H groups in total. The van der Waals surface area contributed by atoms with Crippen molar-refractivity contribution in [3.63, 3.8) is 0 Å². The molecular weight excluding hydrogens is 305 g/mol. The van der Waals surface area contributed by atoms with Crippen molar-refractivity contribution in [2.24, 2.45) is 5.92 Å². The Bertz CT molecular complexity index is 700. The van der Waals surface area contributed by atoms with Gasteiger partial charge in [0, 0.05) is 6.04 Å². The SMILES string of the molecule is CCc1c(C(=O)NC2CCC(C)CC2)cnn1-c1ccc(F)cc1. The number of benzene rings is 1. The monoisotopic (exact) mass is 329 g/mol. The molecule has 0 saturated heterocycles. The second kappa shape index (κ2) is 7.16. The molecule has 1 fully saturated rings. The summed E-state index contributed by atoms with van der Waals surface area (Å²) >= 11 is 0. The number of amides is 1. The van der Waals surface area contributed by atoms with Gasteiger partial charge < -0.3 is 5.32 Å². The predicted molar refractivity (Wildman–Crippen MR) is 91.8 cm³/mol. The number of nitrogens with one attached hydrogen (secondary N) is 1. The molecule has 1 saturated carbocycles. The Morgan fingerprint density at radius 3 is 2.54 bits per heavy atom. The van der Waals surface area contributed by atoms with Crippen molar-refractivity contribution in [3.05, 3.63) is 47.5 Å². The average Bonchev–Trinajstić information content (AvgIpc) is 3.01. The largest absolute Gasteiger partial charge is 0.349 e. The van der Waals surface area contributed by atoms with E-state index >= 15 is 0 Å². The average molecular weight is 329 g/mol. The van der Waals surface area contributed by atoms with Gasteiger partial charge in [-0.1, -0.05) is 13.8 Å². The minimum Gasteiger partial charge on any atom is -0.349 e. The highest BCUT2D eigenvalue weighted by atomic mass is 19.1. The highest BCUT2D eigenvalue weighted by Gasteiger charge is 2.23. The summed E-state index contributed by atoms with van der Waals surface area (Å²) in [6.45, 7) is 4.26. The van der Waals surface area contributed by atoms with Crippen LogP contribution >= 0.6 is 0 Å². The third-order valence-electron chi connectivity index (χ3n) is 4.87. The molecule has 24 heavy (non-hydrogen) atoms. The number of rotatable bonds is 4. The number of hydrogen-bond acceptors (Lipinski definition) is 2. The lowest BCUT2D eigenvalue weighted by atomic mass is 9.87. The van der Waals surface area contributed by atoms with Crippen molar-refractivity contribution >= 4 is 5.91 Å². The molecule has 0 bridgehead atoms. The van der Waals surface area contributed by atoms with Crippen LogP contribution < -0.4 is 5.32 Å². The quantitative estimate of drug-likeness (QED) is 0.925. The van der Waals surface area contributed by atoms with Crippen molar-refractivity contribution in [2.45, 2.75) is 52.0 Å². The molecule has 0 radical (unpaired) electrons. The van der Waals surface area contributed by atoms with Crippen LogP contribution in [0.5, 0.6) is 0 Å². The van der Waals surface area contributed by atoms with Gasteiger partial charge in [-0.05, 0) is 62.3 Å². The van der Waals surface area contributed by atoms with Gasteiger partial charge in [-0.3, -0.25) is 4.79 Å². The Labute approximate surface area is 142 Å². The van der Waals surface area contributed by atoms with Crippen LogP contribution in [0.2, 0.25) is 0 Å². The van der Waals surface area contributed by atoms with E-state index in [4.69, 9.17) is 0 Å². The lowest BCUT2D eigenvalue weighted by Crippen LogP contribution is -2.37. The third kappa shape index (κ3) is 3.50. The minimum absolute atomic E-state index is 0.0558. The van der Waals surface area contributed by atoms with Gasteiger partial charge in [0.25, 0.3) is 5.91 Å². The molecule has 0 unspecified atom stereocenters. The molecule has 0 atom stereocenters. The highest BCUT2D eigenvalue weighted by Crippen LogP contribution is 2.24. The van der Waals surface area contributed by atoms with E-state index in [1.54, 1.807) is 23.0 Å². The predicted octanol–water partition coefficient (Wildman–Crippen LogP) is 3.88. The van der Waals surface area contributed by atoms with Crippen LogP contribution in [0.4, 0.5) is 4.39 Å². The van der Waals surface area contributed by atoms with Crippen molar-refractivity contribution < 1.29 is 9.18 Å². The van der Waals surface area contributed by atoms with Gasteiger partial charge in [0.05, 0.1) is 23.1 Å². The topological polar surface area (TPSA) is 46.9 Å². The first kappa shape index (κ1) is 16.7. The van der Waals surface area contributed by atoms with Crippen molar-refractivity contribution in [3.8, 4) is 5.69 Å². The maximum Gasteiger partial charge on any atom is 0.254 e. The Balaban J connectivity index is 1.78. The van der Waals surface area contributed by atoms with Crippen LogP contribution in [-0.2, 0) is 6.42 Å². The summed E-state index contributed by atoms with van der Waals surface area (Å²) in [6.07, 6.45) is 6.71. The molecule has 1 aliphatic carbocycles. The molecular formula is C19H24FN3O. The van der Waals surface area contributed by atoms with E-state index in [0.717, 1.165) is 30.1 Å². The summed E-state index contributed by atoms with van der Waals surface area (Å²) in [5.74, 6) is 0.416. The number of halogens is 1. The van der Waals surface area contributed by atoms with E-state index in [2.05, 4.69) is 17.3 Å². The molecule has 0 spiro atoms. The molecule has 1 aromatic heterocycles. The van der Waals surface area contributed by atoms with Crippen LogP contribution in [0.1, 0.15) is 55.6 Å². The fraction of sp³-hybridized carbons (Fsp3) is 0.474. The van der Waals surface area contributed by atoms with Gasteiger partial charge in [0.1, 0.15) is 5.82 Å². The lowest BCUT2D eigenvalue weighted by molar-refractivity contribution is 0.0922. The van der Waals surface area contributed by atoms with Gasteiger partial charge >= 0.3 is 0 Å². The summed E-state index contributed by atoms with van der Waals surface area (Å²) < 4.78 is 14.8. The lowest BCUT2D eigenvalue weighted by Gasteiger charge is -2.26. The molecule has 128 valence electrons. The van der Waals surface area contributed by atoms with E-state index in [1.807, 2.05) is 6.92 Å². The van der Waals surface area contributed by atoms with E-state index in [9.17, 15) is 9.18 Å². The second-order valence-corrected chi connectivity index (χ2v) is 6.68. The van der Waals surface area contributed by atoms with Gasteiger partial charge in [-0.2, -0.15) is 5.10 Å². The summed E-state index contributed by atoms with van der Waals surface area (Å²) in [5.41, 5.74) is 2.22. The van der Waals surface area contributed by atoms with Crippen molar-refractivity contribution in [1.82, 2.24) is 15.1 Å². The van der Waals surface area contributed by atoms with Crippen LogP contribution in [0, 0.1) is 11.7 Å². The van der Waals surface area contributed by atoms with Crippen molar-refractivity contribution in [2.75, 3.05) is 0 Å². The van der Waals surface area contributed by atoms with E-state index < -0.39 is 0 Å². The van der Waals surface area contributed by atoms with Gasteiger partial charge in [-0.25, -0.2) is 9.07 Å². The zero-order chi connectivity index (χ0) is 17.1. The molecule has 4 nitrogen and oxygen atoms in total. The fourth-order valence-corrected chi connectivity index (χ4v) is 3.38. The minimum atomic E-state index is -0.284. The first-order chi connectivity index (χ1) is 11.6. The molecule has 1 aliphatic rings. The summed E-state index contributed by atoms with van der Waals surface area (Å²) in [7, 11) is 0. The second-order valence-electron chi connectivity index (χ2n) is 6.68. The summed E-state index contributed by atoms with van der Waals surface area (Å²) in [6, 6.07) is 6.41. The van der Waals surface area contributed by atoms with Crippen molar-refractivity contribution in [1.29, 1.82) is 0 Å². The molecule has 0 aliphatic heterocycles. The Kier molecular flexibility index (Phi) is 4.97.